The van der Waals surface area contributed by atoms with Crippen LogP contribution in [0.2, 0.25) is 0 Å². The Bertz CT molecular complexity index is 621. The number of rotatable bonds is 10. The van der Waals surface area contributed by atoms with E-state index in [1.807, 2.05) is 0 Å². The average Bonchev–Trinajstić information content (AvgIpc) is 3.12. The second-order valence-electron chi connectivity index (χ2n) is 6.59. The molecular formula is C16H29N7O5. The van der Waals surface area contributed by atoms with E-state index in [-0.39, 0.29) is 12.5 Å². The van der Waals surface area contributed by atoms with Gasteiger partial charge in [-0.1, -0.05) is 0 Å². The lowest BCUT2D eigenvalue weighted by atomic mass is 10.1. The normalized spacial score (nSPS) is 18.1. The fourth-order valence-corrected chi connectivity index (χ4v) is 2.78. The molecule has 1 aliphatic heterocycles. The van der Waals surface area contributed by atoms with Crippen LogP contribution >= 0.6 is 0 Å². The second kappa shape index (κ2) is 11.1. The molecule has 0 aliphatic carbocycles. The van der Waals surface area contributed by atoms with Crippen molar-refractivity contribution >= 4 is 29.7 Å². The van der Waals surface area contributed by atoms with Crippen LogP contribution in [0, 0.1) is 0 Å². The molecule has 0 aromatic rings. The fourth-order valence-electron chi connectivity index (χ4n) is 2.78. The lowest BCUT2D eigenvalue weighted by Gasteiger charge is -2.22. The molecular weight excluding hydrogens is 370 g/mol. The fraction of sp³-hybridized carbons (Fsp3) is 0.688. The zero-order valence-corrected chi connectivity index (χ0v) is 15.9. The largest absolute Gasteiger partial charge is 0.480 e. The summed E-state index contributed by atoms with van der Waals surface area (Å²) in [6.07, 6.45) is 1.83. The standard InChI is InChI=1S/C16H29N7O5/c1-9(22-14(26)10(17)4-2-6-20-16(18)19)13(25)21-8-12(24)23-7-3-5-11(23)15(27)28/h9-11H,2-8,17H2,1H3,(H,21,25)(H,22,26)(H,27,28)(H4,18,19,20). The first kappa shape index (κ1) is 23.1. The van der Waals surface area contributed by atoms with Crippen LogP contribution in [0.3, 0.4) is 0 Å². The molecule has 158 valence electrons. The highest BCUT2D eigenvalue weighted by Crippen LogP contribution is 2.17. The molecule has 3 atom stereocenters. The number of nitrogens with two attached hydrogens (primary N) is 3. The molecule has 1 saturated heterocycles. The number of hydrogen-bond donors (Lipinski definition) is 6. The lowest BCUT2D eigenvalue weighted by Crippen LogP contribution is -2.52. The van der Waals surface area contributed by atoms with E-state index >= 15 is 0 Å². The van der Waals surface area contributed by atoms with Gasteiger partial charge in [-0.25, -0.2) is 4.79 Å². The van der Waals surface area contributed by atoms with Gasteiger partial charge in [0.15, 0.2) is 5.96 Å². The van der Waals surface area contributed by atoms with Crippen molar-refractivity contribution in [3.8, 4) is 0 Å². The number of aliphatic imine (C=N–C) groups is 1. The predicted octanol–water partition coefficient (Wildman–Crippen LogP) is -2.94. The summed E-state index contributed by atoms with van der Waals surface area (Å²) in [7, 11) is 0. The molecule has 0 radical (unpaired) electrons. The van der Waals surface area contributed by atoms with Crippen molar-refractivity contribution in [2.24, 2.45) is 22.2 Å². The highest BCUT2D eigenvalue weighted by molar-refractivity contribution is 5.92. The summed E-state index contributed by atoms with van der Waals surface area (Å²) < 4.78 is 0. The number of aliphatic carboxylic acids is 1. The highest BCUT2D eigenvalue weighted by Gasteiger charge is 2.34. The zero-order valence-electron chi connectivity index (χ0n) is 15.9. The molecule has 28 heavy (non-hydrogen) atoms. The molecule has 0 spiro atoms. The number of likely N-dealkylation sites (tertiary alicyclic amines) is 1. The summed E-state index contributed by atoms with van der Waals surface area (Å²) in [4.78, 5) is 52.3. The Labute approximate surface area is 162 Å². The summed E-state index contributed by atoms with van der Waals surface area (Å²) in [5, 5.41) is 14.0. The Balaban J connectivity index is 2.37. The maximum absolute atomic E-state index is 12.1. The Hall–Kier alpha value is -2.89. The van der Waals surface area contributed by atoms with Crippen LogP contribution in [0.5, 0.6) is 0 Å². The maximum atomic E-state index is 12.1. The van der Waals surface area contributed by atoms with Gasteiger partial charge < -0.3 is 37.8 Å². The number of carbonyl (C=O) groups excluding carboxylic acids is 3. The monoisotopic (exact) mass is 399 g/mol. The van der Waals surface area contributed by atoms with Gasteiger partial charge in [-0.05, 0) is 32.6 Å². The molecule has 1 heterocycles. The molecule has 0 saturated carbocycles. The second-order valence-corrected chi connectivity index (χ2v) is 6.59. The van der Waals surface area contributed by atoms with Crippen molar-refractivity contribution in [2.45, 2.75) is 50.7 Å². The summed E-state index contributed by atoms with van der Waals surface area (Å²) in [5.41, 5.74) is 16.2. The lowest BCUT2D eigenvalue weighted by molar-refractivity contribution is -0.148. The van der Waals surface area contributed by atoms with E-state index in [1.54, 1.807) is 0 Å². The molecule has 1 aliphatic rings. The molecule has 12 nitrogen and oxygen atoms in total. The van der Waals surface area contributed by atoms with Crippen LogP contribution in [0.15, 0.2) is 4.99 Å². The van der Waals surface area contributed by atoms with E-state index in [2.05, 4.69) is 15.6 Å². The highest BCUT2D eigenvalue weighted by atomic mass is 16.4. The van der Waals surface area contributed by atoms with E-state index in [4.69, 9.17) is 22.3 Å². The van der Waals surface area contributed by atoms with Crippen LogP contribution in [0.1, 0.15) is 32.6 Å². The van der Waals surface area contributed by atoms with E-state index in [1.165, 1.54) is 11.8 Å². The number of carbonyl (C=O) groups is 4. The third-order valence-electron chi connectivity index (χ3n) is 4.33. The van der Waals surface area contributed by atoms with Gasteiger partial charge in [0.05, 0.1) is 12.6 Å². The van der Waals surface area contributed by atoms with Gasteiger partial charge in [-0.15, -0.1) is 0 Å². The van der Waals surface area contributed by atoms with Gasteiger partial charge in [0.1, 0.15) is 12.1 Å². The Kier molecular flexibility index (Phi) is 9.15. The number of carboxylic acids is 1. The SMILES string of the molecule is CC(NC(=O)C(N)CCCN=C(N)N)C(=O)NCC(=O)N1CCCC1C(=O)O. The van der Waals surface area contributed by atoms with Gasteiger partial charge in [0.2, 0.25) is 17.7 Å². The Morgan fingerprint density at radius 2 is 1.93 bits per heavy atom. The average molecular weight is 399 g/mol. The molecule has 1 rings (SSSR count). The summed E-state index contributed by atoms with van der Waals surface area (Å²) >= 11 is 0. The topological polar surface area (TPSA) is 206 Å². The first-order chi connectivity index (χ1) is 13.1. The molecule has 0 bridgehead atoms. The first-order valence-electron chi connectivity index (χ1n) is 9.04. The Morgan fingerprint density at radius 1 is 1.25 bits per heavy atom. The third kappa shape index (κ3) is 7.39. The molecule has 9 N–H and O–H groups in total. The molecule has 3 amide bonds. The molecule has 12 heteroatoms. The number of hydrogen-bond acceptors (Lipinski definition) is 6. The van der Waals surface area contributed by atoms with Gasteiger partial charge in [-0.2, -0.15) is 0 Å². The zero-order chi connectivity index (χ0) is 21.3. The van der Waals surface area contributed by atoms with Crippen molar-refractivity contribution < 1.29 is 24.3 Å². The van der Waals surface area contributed by atoms with Crippen LogP contribution in [0.4, 0.5) is 0 Å². The molecule has 0 aromatic carbocycles. The van der Waals surface area contributed by atoms with Crippen molar-refractivity contribution in [3.05, 3.63) is 0 Å². The van der Waals surface area contributed by atoms with Gasteiger partial charge >= 0.3 is 5.97 Å². The summed E-state index contributed by atoms with van der Waals surface area (Å²) in [6.45, 7) is 1.80. The van der Waals surface area contributed by atoms with Crippen molar-refractivity contribution in [1.82, 2.24) is 15.5 Å². The molecule has 1 fully saturated rings. The van der Waals surface area contributed by atoms with Crippen molar-refractivity contribution in [3.63, 3.8) is 0 Å². The predicted molar refractivity (Wildman–Crippen MR) is 101 cm³/mol. The first-order valence-corrected chi connectivity index (χ1v) is 9.04. The van der Waals surface area contributed by atoms with Crippen molar-refractivity contribution in [1.29, 1.82) is 0 Å². The molecule has 0 aromatic heterocycles. The van der Waals surface area contributed by atoms with E-state index in [0.717, 1.165) is 0 Å². The van der Waals surface area contributed by atoms with Gasteiger partial charge in [0, 0.05) is 13.1 Å². The minimum Gasteiger partial charge on any atom is -0.480 e. The van der Waals surface area contributed by atoms with Crippen molar-refractivity contribution in [2.75, 3.05) is 19.6 Å². The van der Waals surface area contributed by atoms with Crippen LogP contribution in [0.25, 0.3) is 0 Å². The van der Waals surface area contributed by atoms with E-state index in [9.17, 15) is 19.2 Å². The van der Waals surface area contributed by atoms with Crippen LogP contribution < -0.4 is 27.8 Å². The van der Waals surface area contributed by atoms with Gasteiger partial charge in [0.25, 0.3) is 0 Å². The number of amides is 3. The van der Waals surface area contributed by atoms with Crippen LogP contribution in [-0.4, -0.2) is 77.4 Å². The van der Waals surface area contributed by atoms with Crippen LogP contribution in [-0.2, 0) is 19.2 Å². The van der Waals surface area contributed by atoms with Gasteiger partial charge in [-0.3, -0.25) is 19.4 Å². The number of nitrogens with one attached hydrogen (secondary N) is 2. The number of carboxylic acid groups (broad SMARTS) is 1. The third-order valence-corrected chi connectivity index (χ3v) is 4.33. The number of guanidine groups is 1. The summed E-state index contributed by atoms with van der Waals surface area (Å²) in [5.74, 6) is -2.66. The smallest absolute Gasteiger partial charge is 0.326 e. The summed E-state index contributed by atoms with van der Waals surface area (Å²) in [6, 6.07) is -2.59. The van der Waals surface area contributed by atoms with E-state index in [0.29, 0.717) is 38.8 Å². The number of nitrogens with zero attached hydrogens (tertiary/aromatic N) is 2. The minimum absolute atomic E-state index is 0.0403. The Morgan fingerprint density at radius 3 is 2.54 bits per heavy atom. The molecule has 3 unspecified atom stereocenters. The maximum Gasteiger partial charge on any atom is 0.326 e. The van der Waals surface area contributed by atoms with E-state index < -0.39 is 41.8 Å². The minimum atomic E-state index is -1.06. The quantitative estimate of drug-likeness (QED) is 0.127.